The average molecular weight is 357 g/mol. The number of aromatic nitrogens is 3. The minimum absolute atomic E-state index is 0.0277. The molecule has 2 aromatic heterocycles. The van der Waals surface area contributed by atoms with E-state index in [4.69, 9.17) is 0 Å². The van der Waals surface area contributed by atoms with Crippen LogP contribution in [-0.4, -0.2) is 40.0 Å². The zero-order valence-corrected chi connectivity index (χ0v) is 14.2. The van der Waals surface area contributed by atoms with E-state index in [1.54, 1.807) is 18.3 Å². The minimum Gasteiger partial charge on any atom is -0.346 e. The maximum absolute atomic E-state index is 13.4. The molecule has 1 amide bonds. The molecule has 25 heavy (non-hydrogen) atoms. The zero-order chi connectivity index (χ0) is 17.2. The van der Waals surface area contributed by atoms with Gasteiger partial charge in [0.1, 0.15) is 17.8 Å². The molecule has 4 rings (SSSR count). The number of piperidine rings is 1. The number of nitrogens with one attached hydrogen (secondary N) is 1. The Labute approximate surface area is 147 Å². The summed E-state index contributed by atoms with van der Waals surface area (Å²) < 4.78 is 14.2. The van der Waals surface area contributed by atoms with E-state index in [2.05, 4.69) is 25.2 Å². The lowest BCUT2D eigenvalue weighted by Crippen LogP contribution is -2.48. The normalized spacial score (nSPS) is 17.6. The lowest BCUT2D eigenvalue weighted by atomic mass is 10.1. The van der Waals surface area contributed by atoms with E-state index in [1.807, 2.05) is 0 Å². The predicted octanol–water partition coefficient (Wildman–Crippen LogP) is 2.62. The van der Waals surface area contributed by atoms with Gasteiger partial charge in [0.15, 0.2) is 5.13 Å². The van der Waals surface area contributed by atoms with Gasteiger partial charge in [-0.15, -0.1) is 0 Å². The highest BCUT2D eigenvalue weighted by molar-refractivity contribution is 7.22. The van der Waals surface area contributed by atoms with Crippen LogP contribution in [0.4, 0.5) is 9.52 Å². The first kappa shape index (κ1) is 15.9. The molecule has 0 saturated carbocycles. The molecule has 128 valence electrons. The number of fused-ring (bicyclic) bond motifs is 1. The molecule has 0 aliphatic carbocycles. The molecule has 1 fully saturated rings. The second kappa shape index (κ2) is 6.72. The molecule has 3 heterocycles. The van der Waals surface area contributed by atoms with Crippen molar-refractivity contribution in [2.24, 2.45) is 0 Å². The van der Waals surface area contributed by atoms with E-state index in [9.17, 15) is 9.18 Å². The van der Waals surface area contributed by atoms with Crippen molar-refractivity contribution in [3.8, 4) is 0 Å². The molecule has 8 heteroatoms. The van der Waals surface area contributed by atoms with Crippen molar-refractivity contribution in [1.29, 1.82) is 0 Å². The van der Waals surface area contributed by atoms with Gasteiger partial charge in [-0.1, -0.05) is 11.3 Å². The van der Waals surface area contributed by atoms with Gasteiger partial charge in [-0.05, 0) is 37.1 Å². The van der Waals surface area contributed by atoms with Crippen LogP contribution < -0.4 is 10.2 Å². The third-order valence-corrected chi connectivity index (χ3v) is 5.26. The lowest BCUT2D eigenvalue weighted by Gasteiger charge is -2.32. The Hall–Kier alpha value is -2.61. The molecule has 0 radical (unpaired) electrons. The highest BCUT2D eigenvalue weighted by Gasteiger charge is 2.24. The number of carbonyl (C=O) groups excluding carboxylic acids is 1. The van der Waals surface area contributed by atoms with Gasteiger partial charge in [0.25, 0.3) is 5.91 Å². The van der Waals surface area contributed by atoms with Gasteiger partial charge in [-0.3, -0.25) is 4.79 Å². The first-order chi connectivity index (χ1) is 12.2. The molecule has 0 spiro atoms. The fraction of sp³-hybridized carbons (Fsp3) is 0.294. The molecule has 1 saturated heterocycles. The standard InChI is InChI=1S/C17H16FN5OS/c18-11-3-4-13-15(8-11)25-17(22-13)23-7-1-2-12(9-23)21-16(24)14-5-6-19-10-20-14/h3-6,8,10,12H,1-2,7,9H2,(H,21,24). The maximum Gasteiger partial charge on any atom is 0.270 e. The molecule has 1 atom stereocenters. The van der Waals surface area contributed by atoms with Crippen LogP contribution >= 0.6 is 11.3 Å². The summed E-state index contributed by atoms with van der Waals surface area (Å²) in [5, 5.41) is 3.89. The van der Waals surface area contributed by atoms with Crippen LogP contribution in [0.25, 0.3) is 10.2 Å². The number of anilines is 1. The van der Waals surface area contributed by atoms with Crippen molar-refractivity contribution in [2.75, 3.05) is 18.0 Å². The van der Waals surface area contributed by atoms with E-state index < -0.39 is 0 Å². The number of halogens is 1. The summed E-state index contributed by atoms with van der Waals surface area (Å²) in [6.45, 7) is 1.56. The third kappa shape index (κ3) is 3.43. The Morgan fingerprint density at radius 2 is 2.28 bits per heavy atom. The summed E-state index contributed by atoms with van der Waals surface area (Å²) in [6.07, 6.45) is 4.78. The predicted molar refractivity (Wildman–Crippen MR) is 94.3 cm³/mol. The van der Waals surface area contributed by atoms with Crippen LogP contribution in [-0.2, 0) is 0 Å². The summed E-state index contributed by atoms with van der Waals surface area (Å²) in [6, 6.07) is 6.25. The quantitative estimate of drug-likeness (QED) is 0.780. The molecule has 1 N–H and O–H groups in total. The highest BCUT2D eigenvalue weighted by atomic mass is 32.1. The Morgan fingerprint density at radius 1 is 1.36 bits per heavy atom. The van der Waals surface area contributed by atoms with Crippen LogP contribution in [0.1, 0.15) is 23.3 Å². The number of carbonyl (C=O) groups is 1. The molecule has 1 unspecified atom stereocenters. The SMILES string of the molecule is O=C(NC1CCCN(c2nc3ccc(F)cc3s2)C1)c1ccncn1. The van der Waals surface area contributed by atoms with Crippen LogP contribution in [0.2, 0.25) is 0 Å². The van der Waals surface area contributed by atoms with Crippen LogP contribution in [0.5, 0.6) is 0 Å². The van der Waals surface area contributed by atoms with Crippen LogP contribution in [0.3, 0.4) is 0 Å². The second-order valence-electron chi connectivity index (χ2n) is 5.96. The van der Waals surface area contributed by atoms with Gasteiger partial charge < -0.3 is 10.2 Å². The summed E-state index contributed by atoms with van der Waals surface area (Å²) >= 11 is 1.48. The number of rotatable bonds is 3. The van der Waals surface area contributed by atoms with Crippen molar-refractivity contribution in [1.82, 2.24) is 20.3 Å². The van der Waals surface area contributed by atoms with Gasteiger partial charge in [0.2, 0.25) is 0 Å². The van der Waals surface area contributed by atoms with Gasteiger partial charge >= 0.3 is 0 Å². The van der Waals surface area contributed by atoms with Crippen LogP contribution in [0.15, 0.2) is 36.8 Å². The summed E-state index contributed by atoms with van der Waals surface area (Å²) in [5.74, 6) is -0.447. The molecule has 6 nitrogen and oxygen atoms in total. The molecule has 0 bridgehead atoms. The number of hydrogen-bond acceptors (Lipinski definition) is 6. The number of amides is 1. The Bertz CT molecular complexity index is 900. The van der Waals surface area contributed by atoms with Crippen molar-refractivity contribution in [3.63, 3.8) is 0 Å². The summed E-state index contributed by atoms with van der Waals surface area (Å²) in [5.41, 5.74) is 1.16. The third-order valence-electron chi connectivity index (χ3n) is 4.18. The van der Waals surface area contributed by atoms with Gasteiger partial charge in [0, 0.05) is 25.3 Å². The van der Waals surface area contributed by atoms with Crippen molar-refractivity contribution >= 4 is 32.6 Å². The van der Waals surface area contributed by atoms with E-state index in [0.717, 1.165) is 34.7 Å². The molecular weight excluding hydrogens is 341 g/mol. The smallest absolute Gasteiger partial charge is 0.270 e. The van der Waals surface area contributed by atoms with Crippen molar-refractivity contribution in [2.45, 2.75) is 18.9 Å². The highest BCUT2D eigenvalue weighted by Crippen LogP contribution is 2.30. The van der Waals surface area contributed by atoms with E-state index >= 15 is 0 Å². The molecule has 1 aromatic carbocycles. The van der Waals surface area contributed by atoms with E-state index in [-0.39, 0.29) is 17.8 Å². The first-order valence-electron chi connectivity index (χ1n) is 8.07. The molecule has 3 aromatic rings. The van der Waals surface area contributed by atoms with E-state index in [0.29, 0.717) is 12.2 Å². The monoisotopic (exact) mass is 357 g/mol. The average Bonchev–Trinajstić information content (AvgIpc) is 3.06. The lowest BCUT2D eigenvalue weighted by molar-refractivity contribution is 0.0928. The summed E-state index contributed by atoms with van der Waals surface area (Å²) in [4.78, 5) is 26.8. The Morgan fingerprint density at radius 3 is 3.12 bits per heavy atom. The molecule has 1 aliphatic heterocycles. The minimum atomic E-state index is -0.253. The maximum atomic E-state index is 13.4. The number of thiazole rings is 1. The largest absolute Gasteiger partial charge is 0.346 e. The fourth-order valence-corrected chi connectivity index (χ4v) is 4.00. The van der Waals surface area contributed by atoms with E-state index in [1.165, 1.54) is 29.8 Å². The summed E-state index contributed by atoms with van der Waals surface area (Å²) in [7, 11) is 0. The Kier molecular flexibility index (Phi) is 4.27. The van der Waals surface area contributed by atoms with Crippen molar-refractivity contribution < 1.29 is 9.18 Å². The Balaban J connectivity index is 1.47. The fourth-order valence-electron chi connectivity index (χ4n) is 2.97. The second-order valence-corrected chi connectivity index (χ2v) is 6.97. The van der Waals surface area contributed by atoms with Crippen molar-refractivity contribution in [3.05, 3.63) is 48.3 Å². The van der Waals surface area contributed by atoms with Gasteiger partial charge in [0.05, 0.1) is 10.2 Å². The van der Waals surface area contributed by atoms with Gasteiger partial charge in [-0.25, -0.2) is 19.3 Å². The van der Waals surface area contributed by atoms with Gasteiger partial charge in [-0.2, -0.15) is 0 Å². The topological polar surface area (TPSA) is 71.0 Å². The molecule has 1 aliphatic rings. The van der Waals surface area contributed by atoms with Crippen LogP contribution in [0, 0.1) is 5.82 Å². The number of benzene rings is 1. The number of nitrogens with zero attached hydrogens (tertiary/aromatic N) is 4. The molecular formula is C17H16FN5OS. The first-order valence-corrected chi connectivity index (χ1v) is 8.88. The number of hydrogen-bond donors (Lipinski definition) is 1. The zero-order valence-electron chi connectivity index (χ0n) is 13.4.